The van der Waals surface area contributed by atoms with Crippen LogP contribution in [0.2, 0.25) is 5.02 Å². The van der Waals surface area contributed by atoms with Gasteiger partial charge < -0.3 is 16.3 Å². The van der Waals surface area contributed by atoms with Crippen LogP contribution >= 0.6 is 11.6 Å². The summed E-state index contributed by atoms with van der Waals surface area (Å²) in [5, 5.41) is 15.4. The molecule has 1 aliphatic heterocycles. The van der Waals surface area contributed by atoms with E-state index in [9.17, 15) is 14.0 Å². The van der Waals surface area contributed by atoms with Gasteiger partial charge in [-0.2, -0.15) is 4.98 Å². The third kappa shape index (κ3) is 3.88. The summed E-state index contributed by atoms with van der Waals surface area (Å²) >= 11 is 5.99. The first-order valence-corrected chi connectivity index (χ1v) is 9.77. The summed E-state index contributed by atoms with van der Waals surface area (Å²) in [5.41, 5.74) is 7.61. The molecule has 0 unspecified atom stereocenters. The summed E-state index contributed by atoms with van der Waals surface area (Å²) in [6.45, 7) is 2.26. The summed E-state index contributed by atoms with van der Waals surface area (Å²) in [4.78, 5) is 10.8. The average molecular weight is 436 g/mol. The Hall–Kier alpha value is -2.98. The number of hydrogen-bond donors (Lipinski definition) is 3. The van der Waals surface area contributed by atoms with Crippen LogP contribution in [0.25, 0.3) is 16.9 Å². The highest BCUT2D eigenvalue weighted by Gasteiger charge is 2.22. The van der Waals surface area contributed by atoms with E-state index in [0.717, 1.165) is 0 Å². The molecule has 2 aromatic heterocycles. The lowest BCUT2D eigenvalue weighted by Gasteiger charge is -2.16. The summed E-state index contributed by atoms with van der Waals surface area (Å²) < 4.78 is 28.8. The van der Waals surface area contributed by atoms with Crippen molar-refractivity contribution >= 4 is 34.5 Å². The van der Waals surface area contributed by atoms with Crippen molar-refractivity contribution < 1.29 is 14.0 Å². The van der Waals surface area contributed by atoms with Gasteiger partial charge in [0.15, 0.2) is 11.5 Å². The molecule has 1 atom stereocenters. The second kappa shape index (κ2) is 8.41. The van der Waals surface area contributed by atoms with Crippen molar-refractivity contribution in [1.29, 1.82) is 0 Å². The maximum Gasteiger partial charge on any atom is 0.210 e. The number of pyridine rings is 1. The number of alkyl halides is 1. The van der Waals surface area contributed by atoms with E-state index in [1.807, 2.05) is 4.90 Å². The van der Waals surface area contributed by atoms with E-state index in [-0.39, 0.29) is 10.9 Å². The number of fused-ring (bicyclic) bond motifs is 1. The van der Waals surface area contributed by atoms with Crippen LogP contribution in [-0.2, 0) is 0 Å². The number of aromatic nitrogens is 3. The van der Waals surface area contributed by atoms with Gasteiger partial charge in [-0.3, -0.25) is 9.47 Å². The average Bonchev–Trinajstić information content (AvgIpc) is 3.32. The number of oxime groups is 1. The molecule has 4 N–H and O–H groups in total. The number of likely N-dealkylation sites (tertiary alicyclic amines) is 1. The van der Waals surface area contributed by atoms with Gasteiger partial charge in [0.05, 0.1) is 10.7 Å². The lowest BCUT2D eigenvalue weighted by atomic mass is 10.2. The number of anilines is 1. The van der Waals surface area contributed by atoms with Crippen LogP contribution in [-0.4, -0.2) is 62.8 Å². The van der Waals surface area contributed by atoms with E-state index < -0.39 is 12.0 Å². The van der Waals surface area contributed by atoms with Crippen molar-refractivity contribution in [2.45, 2.75) is 12.6 Å². The second-order valence-corrected chi connectivity index (χ2v) is 7.41. The molecule has 3 heterocycles. The Kier molecular flexibility index (Phi) is 5.69. The molecule has 0 aliphatic carbocycles. The molecule has 158 valence electrons. The third-order valence-corrected chi connectivity index (χ3v) is 5.31. The fourth-order valence-corrected chi connectivity index (χ4v) is 3.75. The van der Waals surface area contributed by atoms with Crippen molar-refractivity contribution in [2.75, 3.05) is 31.5 Å². The van der Waals surface area contributed by atoms with Crippen molar-refractivity contribution in [2.24, 2.45) is 10.9 Å². The molecule has 3 aromatic rings. The Morgan fingerprint density at radius 1 is 1.40 bits per heavy atom. The van der Waals surface area contributed by atoms with Crippen molar-refractivity contribution in [3.63, 3.8) is 0 Å². The van der Waals surface area contributed by atoms with E-state index in [1.54, 1.807) is 16.7 Å². The van der Waals surface area contributed by atoms with E-state index in [2.05, 4.69) is 20.4 Å². The number of halogens is 3. The summed E-state index contributed by atoms with van der Waals surface area (Å²) in [7, 11) is 0. The van der Waals surface area contributed by atoms with Gasteiger partial charge in [-0.1, -0.05) is 16.8 Å². The molecular weight excluding hydrogens is 416 g/mol. The molecule has 0 saturated carbocycles. The van der Waals surface area contributed by atoms with Crippen LogP contribution < -0.4 is 11.1 Å². The standard InChI is InChI=1S/C19H20ClF2N7O/c20-14-9-12(1-2-15(14)22)29-16-13(17(23)27-30)3-5-24-18(16)26-19(29)25-6-8-28-7-4-11(21)10-28/h1-3,5,9,11,30H,4,6-8,10H2,(H2,23,27)(H,24,25,26)/t11-/m1/s1. The topological polar surface area (TPSA) is 105 Å². The zero-order valence-electron chi connectivity index (χ0n) is 15.9. The molecule has 0 radical (unpaired) electrons. The summed E-state index contributed by atoms with van der Waals surface area (Å²) in [5.74, 6) is -0.243. The predicted molar refractivity (Wildman–Crippen MR) is 111 cm³/mol. The van der Waals surface area contributed by atoms with E-state index >= 15 is 0 Å². The highest BCUT2D eigenvalue weighted by Crippen LogP contribution is 2.28. The van der Waals surface area contributed by atoms with E-state index in [1.165, 1.54) is 18.3 Å². The Balaban J connectivity index is 1.75. The highest BCUT2D eigenvalue weighted by molar-refractivity contribution is 6.30. The second-order valence-electron chi connectivity index (χ2n) is 7.00. The van der Waals surface area contributed by atoms with Crippen LogP contribution in [0.4, 0.5) is 14.7 Å². The molecule has 0 spiro atoms. The molecule has 11 heteroatoms. The third-order valence-electron chi connectivity index (χ3n) is 5.02. The van der Waals surface area contributed by atoms with Gasteiger partial charge in [0.25, 0.3) is 0 Å². The van der Waals surface area contributed by atoms with Gasteiger partial charge in [-0.25, -0.2) is 13.8 Å². The SMILES string of the molecule is NC(=NO)c1ccnc2nc(NCCN3CC[C@@H](F)C3)n(-c3ccc(F)c(Cl)c3)c12. The molecule has 1 aliphatic rings. The number of hydrogen-bond acceptors (Lipinski definition) is 6. The van der Waals surface area contributed by atoms with E-state index in [4.69, 9.17) is 17.3 Å². The number of nitrogens with one attached hydrogen (secondary N) is 1. The number of benzene rings is 1. The minimum absolute atomic E-state index is 0.0550. The minimum atomic E-state index is -0.788. The fraction of sp³-hybridized carbons (Fsp3) is 0.316. The first-order valence-electron chi connectivity index (χ1n) is 9.39. The maximum absolute atomic E-state index is 13.7. The first-order chi connectivity index (χ1) is 14.5. The maximum atomic E-state index is 13.7. The Morgan fingerprint density at radius 3 is 2.93 bits per heavy atom. The zero-order chi connectivity index (χ0) is 21.3. The normalized spacial score (nSPS) is 17.7. The molecule has 1 aromatic carbocycles. The van der Waals surface area contributed by atoms with Gasteiger partial charge >= 0.3 is 0 Å². The van der Waals surface area contributed by atoms with Crippen LogP contribution in [0.5, 0.6) is 0 Å². The van der Waals surface area contributed by atoms with Crippen LogP contribution in [0.15, 0.2) is 35.6 Å². The number of nitrogens with two attached hydrogens (primary N) is 1. The number of nitrogens with zero attached hydrogens (tertiary/aromatic N) is 5. The number of amidine groups is 1. The van der Waals surface area contributed by atoms with Gasteiger partial charge in [-0.15, -0.1) is 0 Å². The number of rotatable bonds is 6. The monoisotopic (exact) mass is 435 g/mol. The van der Waals surface area contributed by atoms with Gasteiger partial charge in [-0.05, 0) is 30.7 Å². The van der Waals surface area contributed by atoms with Crippen molar-refractivity contribution in [3.8, 4) is 5.69 Å². The molecule has 0 amide bonds. The molecule has 8 nitrogen and oxygen atoms in total. The predicted octanol–water partition coefficient (Wildman–Crippen LogP) is 2.76. The lowest BCUT2D eigenvalue weighted by Crippen LogP contribution is -2.27. The summed E-state index contributed by atoms with van der Waals surface area (Å²) in [6, 6.07) is 5.85. The molecule has 1 fully saturated rings. The Bertz CT molecular complexity index is 1100. The van der Waals surface area contributed by atoms with Gasteiger partial charge in [0.1, 0.15) is 17.5 Å². The number of imidazole rings is 1. The smallest absolute Gasteiger partial charge is 0.210 e. The van der Waals surface area contributed by atoms with Crippen LogP contribution in [0, 0.1) is 5.82 Å². The Labute approximate surface area is 176 Å². The minimum Gasteiger partial charge on any atom is -0.409 e. The summed E-state index contributed by atoms with van der Waals surface area (Å²) in [6.07, 6.45) is 1.25. The highest BCUT2D eigenvalue weighted by atomic mass is 35.5. The van der Waals surface area contributed by atoms with Crippen LogP contribution in [0.3, 0.4) is 0 Å². The Morgan fingerprint density at radius 2 is 2.23 bits per heavy atom. The van der Waals surface area contributed by atoms with E-state index in [0.29, 0.717) is 61.0 Å². The molecule has 1 saturated heterocycles. The fourth-order valence-electron chi connectivity index (χ4n) is 3.57. The van der Waals surface area contributed by atoms with Crippen molar-refractivity contribution in [3.05, 3.63) is 46.9 Å². The quantitative estimate of drug-likeness (QED) is 0.238. The molecule has 0 bridgehead atoms. The first kappa shape index (κ1) is 20.3. The largest absolute Gasteiger partial charge is 0.409 e. The van der Waals surface area contributed by atoms with Crippen molar-refractivity contribution in [1.82, 2.24) is 19.4 Å². The zero-order valence-corrected chi connectivity index (χ0v) is 16.7. The molecule has 4 rings (SSSR count). The van der Waals surface area contributed by atoms with Crippen LogP contribution in [0.1, 0.15) is 12.0 Å². The van der Waals surface area contributed by atoms with Gasteiger partial charge in [0, 0.05) is 37.9 Å². The molecule has 30 heavy (non-hydrogen) atoms. The lowest BCUT2D eigenvalue weighted by molar-refractivity contribution is 0.295. The van der Waals surface area contributed by atoms with Gasteiger partial charge in [0.2, 0.25) is 5.95 Å². The molecular formula is C19H20ClF2N7O.